The molecule has 0 saturated heterocycles. The van der Waals surface area contributed by atoms with Crippen LogP contribution < -0.4 is 0 Å². The lowest BCUT2D eigenvalue weighted by molar-refractivity contribution is 0.796. The number of aromatic nitrogens is 1. The monoisotopic (exact) mass is 221 g/mol. The summed E-state index contributed by atoms with van der Waals surface area (Å²) < 4.78 is 4.53. The van der Waals surface area contributed by atoms with Crippen LogP contribution in [0.4, 0.5) is 0 Å². The summed E-state index contributed by atoms with van der Waals surface area (Å²) in [5.74, 6) is 2.45. The largest absolute Gasteiger partial charge is 0.320 e. The van der Waals surface area contributed by atoms with E-state index in [9.17, 15) is 0 Å². The van der Waals surface area contributed by atoms with Gasteiger partial charge in [0.05, 0.1) is 4.21 Å². The van der Waals surface area contributed by atoms with Crippen LogP contribution in [-0.2, 0) is 7.05 Å². The molecule has 11 heavy (non-hydrogen) atoms. The molecule has 0 spiro atoms. The molecule has 1 aliphatic rings. The third-order valence-electron chi connectivity index (χ3n) is 1.49. The van der Waals surface area contributed by atoms with E-state index in [1.807, 2.05) is 23.5 Å². The first-order valence-electron chi connectivity index (χ1n) is 3.24. The molecule has 1 aromatic heterocycles. The van der Waals surface area contributed by atoms with E-state index in [2.05, 4.69) is 11.6 Å². The molecule has 0 saturated carbocycles. The van der Waals surface area contributed by atoms with Crippen molar-refractivity contribution in [2.75, 3.05) is 11.5 Å². The molecular formula is C6H7NS4. The van der Waals surface area contributed by atoms with E-state index in [0.29, 0.717) is 0 Å². The fourth-order valence-electron chi connectivity index (χ4n) is 0.931. The Morgan fingerprint density at radius 3 is 2.82 bits per heavy atom. The van der Waals surface area contributed by atoms with Gasteiger partial charge in [0.15, 0.2) is 3.95 Å². The van der Waals surface area contributed by atoms with E-state index >= 15 is 0 Å². The van der Waals surface area contributed by atoms with Gasteiger partial charge in [-0.15, -0.1) is 23.5 Å². The van der Waals surface area contributed by atoms with Crippen molar-refractivity contribution in [3.8, 4) is 0 Å². The normalized spacial score (nSPS) is 16.5. The molecule has 0 N–H and O–H groups in total. The predicted octanol–water partition coefficient (Wildman–Crippen LogP) is 3.01. The zero-order chi connectivity index (χ0) is 7.84. The first-order valence-corrected chi connectivity index (χ1v) is 6.44. The lowest BCUT2D eigenvalue weighted by Gasteiger charge is -2.09. The van der Waals surface area contributed by atoms with Gasteiger partial charge in [0, 0.05) is 18.6 Å². The maximum absolute atomic E-state index is 5.18. The van der Waals surface area contributed by atoms with Crippen molar-refractivity contribution in [1.29, 1.82) is 0 Å². The van der Waals surface area contributed by atoms with Gasteiger partial charge in [0.25, 0.3) is 0 Å². The Kier molecular flexibility index (Phi) is 2.32. The zero-order valence-corrected chi connectivity index (χ0v) is 9.26. The van der Waals surface area contributed by atoms with Crippen LogP contribution in [0.2, 0.25) is 0 Å². The van der Waals surface area contributed by atoms with Gasteiger partial charge >= 0.3 is 0 Å². The predicted molar refractivity (Wildman–Crippen MR) is 55.6 cm³/mol. The average molecular weight is 221 g/mol. The van der Waals surface area contributed by atoms with Crippen molar-refractivity contribution in [2.45, 2.75) is 9.24 Å². The smallest absolute Gasteiger partial charge is 0.162 e. The Morgan fingerprint density at radius 1 is 1.36 bits per heavy atom. The van der Waals surface area contributed by atoms with Gasteiger partial charge in [0.2, 0.25) is 0 Å². The maximum atomic E-state index is 5.18. The van der Waals surface area contributed by atoms with E-state index in [1.165, 1.54) is 20.7 Å². The molecule has 0 atom stereocenters. The second-order valence-electron chi connectivity index (χ2n) is 2.22. The standard InChI is InChI=1S/C6H7NS4/c1-7-4-5(11-6(7)8)10-3-2-9-4/h2-3H2,1H3. The van der Waals surface area contributed by atoms with Gasteiger partial charge in [0.1, 0.15) is 5.03 Å². The van der Waals surface area contributed by atoms with Crippen molar-refractivity contribution in [3.05, 3.63) is 3.95 Å². The molecule has 2 rings (SSSR count). The SMILES string of the molecule is Cn1c2c(sc1=S)SCCS2. The fraction of sp³-hybridized carbons (Fsp3) is 0.500. The van der Waals surface area contributed by atoms with Crippen LogP contribution in [0.3, 0.4) is 0 Å². The molecule has 2 heterocycles. The van der Waals surface area contributed by atoms with Crippen LogP contribution >= 0.6 is 47.1 Å². The lowest BCUT2D eigenvalue weighted by Crippen LogP contribution is -1.96. The van der Waals surface area contributed by atoms with E-state index in [1.54, 1.807) is 11.3 Å². The Morgan fingerprint density at radius 2 is 2.09 bits per heavy atom. The molecule has 0 aliphatic carbocycles. The first kappa shape index (κ1) is 8.16. The molecule has 0 fully saturated rings. The Labute approximate surface area is 83.2 Å². The van der Waals surface area contributed by atoms with Crippen LogP contribution in [-0.4, -0.2) is 16.1 Å². The molecular weight excluding hydrogens is 214 g/mol. The highest BCUT2D eigenvalue weighted by Crippen LogP contribution is 2.40. The number of fused-ring (bicyclic) bond motifs is 1. The third-order valence-corrected chi connectivity index (χ3v) is 5.98. The van der Waals surface area contributed by atoms with Gasteiger partial charge in [-0.25, -0.2) is 0 Å². The topological polar surface area (TPSA) is 4.93 Å². The zero-order valence-electron chi connectivity index (χ0n) is 5.99. The summed E-state index contributed by atoms with van der Waals surface area (Å²) in [7, 11) is 2.05. The number of nitrogens with zero attached hydrogens (tertiary/aromatic N) is 1. The van der Waals surface area contributed by atoms with Crippen LogP contribution in [0.25, 0.3) is 0 Å². The van der Waals surface area contributed by atoms with Gasteiger partial charge in [-0.05, 0) is 12.2 Å². The highest BCUT2D eigenvalue weighted by molar-refractivity contribution is 8.06. The fourth-order valence-corrected chi connectivity index (χ4v) is 5.24. The minimum absolute atomic E-state index is 0.997. The van der Waals surface area contributed by atoms with Crippen molar-refractivity contribution in [1.82, 2.24) is 4.57 Å². The number of thioether (sulfide) groups is 2. The van der Waals surface area contributed by atoms with Gasteiger partial charge in [-0.2, -0.15) is 0 Å². The number of thiazole rings is 1. The highest BCUT2D eigenvalue weighted by Gasteiger charge is 2.15. The van der Waals surface area contributed by atoms with Crippen LogP contribution in [0, 0.1) is 3.95 Å². The summed E-state index contributed by atoms with van der Waals surface area (Å²) in [4.78, 5) is 0. The summed E-state index contributed by atoms with van der Waals surface area (Å²) in [6.45, 7) is 0. The van der Waals surface area contributed by atoms with Crippen LogP contribution in [0.5, 0.6) is 0 Å². The first-order chi connectivity index (χ1) is 5.29. The molecule has 1 nitrogen and oxygen atoms in total. The molecule has 60 valence electrons. The van der Waals surface area contributed by atoms with Crippen LogP contribution in [0.1, 0.15) is 0 Å². The summed E-state index contributed by atoms with van der Waals surface area (Å²) >= 11 is 10.8. The Bertz CT molecular complexity index is 324. The van der Waals surface area contributed by atoms with Crippen molar-refractivity contribution in [2.24, 2.45) is 7.05 Å². The van der Waals surface area contributed by atoms with Gasteiger partial charge in [-0.3, -0.25) is 0 Å². The minimum Gasteiger partial charge on any atom is -0.320 e. The van der Waals surface area contributed by atoms with E-state index < -0.39 is 0 Å². The average Bonchev–Trinajstić information content (AvgIpc) is 2.30. The molecule has 0 unspecified atom stereocenters. The van der Waals surface area contributed by atoms with E-state index in [0.717, 1.165) is 3.95 Å². The molecule has 5 heteroatoms. The van der Waals surface area contributed by atoms with Gasteiger partial charge < -0.3 is 4.57 Å². The van der Waals surface area contributed by atoms with Crippen molar-refractivity contribution >= 4 is 47.1 Å². The number of hydrogen-bond donors (Lipinski definition) is 0. The molecule has 1 aromatic rings. The Hall–Kier alpha value is 0.550. The molecule has 1 aliphatic heterocycles. The molecule has 0 aromatic carbocycles. The van der Waals surface area contributed by atoms with Crippen LogP contribution in [0.15, 0.2) is 9.24 Å². The summed E-state index contributed by atoms with van der Waals surface area (Å²) in [6.07, 6.45) is 0. The van der Waals surface area contributed by atoms with Gasteiger partial charge in [-0.1, -0.05) is 11.3 Å². The number of rotatable bonds is 0. The Balaban J connectivity index is 2.59. The third kappa shape index (κ3) is 1.39. The summed E-state index contributed by atoms with van der Waals surface area (Å²) in [5.41, 5.74) is 0. The minimum atomic E-state index is 0.997. The molecule has 0 amide bonds. The van der Waals surface area contributed by atoms with Crippen molar-refractivity contribution < 1.29 is 0 Å². The van der Waals surface area contributed by atoms with Crippen molar-refractivity contribution in [3.63, 3.8) is 0 Å². The second-order valence-corrected chi connectivity index (χ2v) is 6.31. The summed E-state index contributed by atoms with van der Waals surface area (Å²) in [6, 6.07) is 0. The highest BCUT2D eigenvalue weighted by atomic mass is 32.2. The lowest BCUT2D eigenvalue weighted by atomic mass is 10.9. The molecule has 0 radical (unpaired) electrons. The quantitative estimate of drug-likeness (QED) is 0.621. The van der Waals surface area contributed by atoms with E-state index in [4.69, 9.17) is 12.2 Å². The second kappa shape index (κ2) is 3.12. The molecule has 0 bridgehead atoms. The van der Waals surface area contributed by atoms with E-state index in [-0.39, 0.29) is 0 Å². The number of hydrogen-bond acceptors (Lipinski definition) is 4. The summed E-state index contributed by atoms with van der Waals surface area (Å²) in [5, 5.41) is 1.37. The maximum Gasteiger partial charge on any atom is 0.162 e.